The topological polar surface area (TPSA) is 21.3 Å². The first-order chi connectivity index (χ1) is 9.22. The lowest BCUT2D eigenvalue weighted by atomic mass is 9.65. The lowest BCUT2D eigenvalue weighted by Crippen LogP contribution is -2.41. The molecule has 1 N–H and O–H groups in total. The highest BCUT2D eigenvalue weighted by molar-refractivity contribution is 9.10. The van der Waals surface area contributed by atoms with E-state index in [-0.39, 0.29) is 0 Å². The molecule has 1 heterocycles. The Morgan fingerprint density at radius 2 is 2.21 bits per heavy atom. The second-order valence-electron chi connectivity index (χ2n) is 5.96. The molecule has 0 spiro atoms. The minimum absolute atomic E-state index is 0.469. The van der Waals surface area contributed by atoms with Crippen molar-refractivity contribution < 1.29 is 4.74 Å². The summed E-state index contributed by atoms with van der Waals surface area (Å²) in [6, 6.07) is 4.47. The summed E-state index contributed by atoms with van der Waals surface area (Å²) in [7, 11) is 0. The summed E-state index contributed by atoms with van der Waals surface area (Å²) in [4.78, 5) is 0. The van der Waals surface area contributed by atoms with Gasteiger partial charge in [0.15, 0.2) is 0 Å². The number of fused-ring (bicyclic) bond motifs is 1. The van der Waals surface area contributed by atoms with Gasteiger partial charge in [-0.25, -0.2) is 0 Å². The van der Waals surface area contributed by atoms with Crippen molar-refractivity contribution in [2.45, 2.75) is 39.0 Å². The van der Waals surface area contributed by atoms with Gasteiger partial charge < -0.3 is 10.1 Å². The van der Waals surface area contributed by atoms with Crippen LogP contribution in [0.3, 0.4) is 0 Å². The lowest BCUT2D eigenvalue weighted by molar-refractivity contribution is 0.130. The third-order valence-electron chi connectivity index (χ3n) is 4.56. The van der Waals surface area contributed by atoms with Gasteiger partial charge in [-0.15, -0.1) is 0 Å². The number of ether oxygens (including phenoxy) is 1. The molecule has 0 unspecified atom stereocenters. The van der Waals surface area contributed by atoms with E-state index < -0.39 is 0 Å². The molecule has 0 amide bonds. The smallest absolute Gasteiger partial charge is 0.125 e. The van der Waals surface area contributed by atoms with Crippen LogP contribution in [0.15, 0.2) is 16.6 Å². The van der Waals surface area contributed by atoms with E-state index in [2.05, 4.69) is 40.3 Å². The standard InChI is InChI=1S/C16H22BrNO/c1-2-18-11-16(5-3-6-16)10-13-9-14(17)8-12-4-7-19-15(12)13/h8-9,18H,2-7,10-11H2,1H3. The molecule has 1 aliphatic carbocycles. The Bertz CT molecular complexity index is 468. The number of rotatable bonds is 5. The molecule has 1 aromatic rings. The third kappa shape index (κ3) is 2.68. The molecule has 104 valence electrons. The van der Waals surface area contributed by atoms with E-state index in [1.807, 2.05) is 0 Å². The maximum Gasteiger partial charge on any atom is 0.125 e. The van der Waals surface area contributed by atoms with E-state index in [0.717, 1.165) is 32.5 Å². The molecule has 2 aliphatic rings. The zero-order chi connectivity index (χ0) is 13.3. The highest BCUT2D eigenvalue weighted by Crippen LogP contribution is 2.46. The Labute approximate surface area is 124 Å². The molecule has 3 heteroatoms. The van der Waals surface area contributed by atoms with Crippen molar-refractivity contribution in [3.63, 3.8) is 0 Å². The lowest BCUT2D eigenvalue weighted by Gasteiger charge is -2.42. The Kier molecular flexibility index (Phi) is 3.86. The summed E-state index contributed by atoms with van der Waals surface area (Å²) >= 11 is 3.64. The van der Waals surface area contributed by atoms with Gasteiger partial charge in [0.05, 0.1) is 6.61 Å². The van der Waals surface area contributed by atoms with Crippen molar-refractivity contribution >= 4 is 15.9 Å². The minimum atomic E-state index is 0.469. The molecular weight excluding hydrogens is 302 g/mol. The van der Waals surface area contributed by atoms with Gasteiger partial charge in [-0.1, -0.05) is 29.3 Å². The number of nitrogens with one attached hydrogen (secondary N) is 1. The Hall–Kier alpha value is -0.540. The summed E-state index contributed by atoms with van der Waals surface area (Å²) < 4.78 is 7.06. The van der Waals surface area contributed by atoms with Crippen LogP contribution in [0.1, 0.15) is 37.3 Å². The van der Waals surface area contributed by atoms with Crippen molar-refractivity contribution in [3.05, 3.63) is 27.7 Å². The van der Waals surface area contributed by atoms with E-state index in [1.54, 1.807) is 0 Å². The summed E-state index contributed by atoms with van der Waals surface area (Å²) in [6.07, 6.45) is 6.29. The summed E-state index contributed by atoms with van der Waals surface area (Å²) in [5.41, 5.74) is 3.25. The van der Waals surface area contributed by atoms with E-state index in [1.165, 1.54) is 40.6 Å². The molecule has 1 aromatic carbocycles. The first kappa shape index (κ1) is 13.4. The molecule has 1 fully saturated rings. The molecule has 0 aromatic heterocycles. The third-order valence-corrected chi connectivity index (χ3v) is 5.01. The Morgan fingerprint density at radius 3 is 2.89 bits per heavy atom. The van der Waals surface area contributed by atoms with Gasteiger partial charge in [0.25, 0.3) is 0 Å². The molecule has 3 rings (SSSR count). The molecular formula is C16H22BrNO. The second-order valence-corrected chi connectivity index (χ2v) is 6.88. The normalized spacial score (nSPS) is 19.7. The van der Waals surface area contributed by atoms with Crippen LogP contribution in [0.2, 0.25) is 0 Å². The van der Waals surface area contributed by atoms with E-state index >= 15 is 0 Å². The zero-order valence-corrected chi connectivity index (χ0v) is 13.2. The monoisotopic (exact) mass is 323 g/mol. The summed E-state index contributed by atoms with van der Waals surface area (Å²) in [5, 5.41) is 3.54. The first-order valence-electron chi connectivity index (χ1n) is 7.37. The molecule has 0 atom stereocenters. The molecule has 19 heavy (non-hydrogen) atoms. The van der Waals surface area contributed by atoms with Gasteiger partial charge in [-0.3, -0.25) is 0 Å². The van der Waals surface area contributed by atoms with Crippen molar-refractivity contribution in [3.8, 4) is 5.75 Å². The van der Waals surface area contributed by atoms with E-state index in [9.17, 15) is 0 Å². The van der Waals surface area contributed by atoms with Crippen LogP contribution < -0.4 is 10.1 Å². The predicted octanol–water partition coefficient (Wildman–Crippen LogP) is 3.71. The fourth-order valence-corrected chi connectivity index (χ4v) is 3.92. The molecule has 2 nitrogen and oxygen atoms in total. The SMILES string of the molecule is CCNCC1(Cc2cc(Br)cc3c2OCC3)CCC1. The molecule has 1 aliphatic heterocycles. The first-order valence-corrected chi connectivity index (χ1v) is 8.17. The average molecular weight is 324 g/mol. The van der Waals surface area contributed by atoms with Crippen molar-refractivity contribution in [2.75, 3.05) is 19.7 Å². The van der Waals surface area contributed by atoms with Crippen LogP contribution in [-0.2, 0) is 12.8 Å². The van der Waals surface area contributed by atoms with Crippen LogP contribution in [-0.4, -0.2) is 19.7 Å². The van der Waals surface area contributed by atoms with Crippen molar-refractivity contribution in [2.24, 2.45) is 5.41 Å². The van der Waals surface area contributed by atoms with Gasteiger partial charge in [0.2, 0.25) is 0 Å². The predicted molar refractivity (Wildman–Crippen MR) is 81.9 cm³/mol. The number of benzene rings is 1. The van der Waals surface area contributed by atoms with Crippen molar-refractivity contribution in [1.29, 1.82) is 0 Å². The van der Waals surface area contributed by atoms with Gasteiger partial charge in [0.1, 0.15) is 5.75 Å². The molecule has 1 saturated carbocycles. The quantitative estimate of drug-likeness (QED) is 0.892. The summed E-state index contributed by atoms with van der Waals surface area (Å²) in [6.45, 7) is 5.24. The van der Waals surface area contributed by atoms with Gasteiger partial charge in [-0.2, -0.15) is 0 Å². The maximum absolute atomic E-state index is 5.86. The van der Waals surface area contributed by atoms with E-state index in [0.29, 0.717) is 5.41 Å². The van der Waals surface area contributed by atoms with Crippen LogP contribution in [0, 0.1) is 5.41 Å². The van der Waals surface area contributed by atoms with E-state index in [4.69, 9.17) is 4.74 Å². The minimum Gasteiger partial charge on any atom is -0.493 e. The zero-order valence-electron chi connectivity index (χ0n) is 11.6. The second kappa shape index (κ2) is 5.45. The van der Waals surface area contributed by atoms with Crippen LogP contribution in [0.4, 0.5) is 0 Å². The van der Waals surface area contributed by atoms with Crippen LogP contribution >= 0.6 is 15.9 Å². The number of halogens is 1. The Morgan fingerprint density at radius 1 is 1.37 bits per heavy atom. The fourth-order valence-electron chi connectivity index (χ4n) is 3.36. The van der Waals surface area contributed by atoms with Crippen LogP contribution in [0.25, 0.3) is 0 Å². The van der Waals surface area contributed by atoms with Crippen LogP contribution in [0.5, 0.6) is 5.75 Å². The van der Waals surface area contributed by atoms with Gasteiger partial charge >= 0.3 is 0 Å². The summed E-state index contributed by atoms with van der Waals surface area (Å²) in [5.74, 6) is 1.17. The largest absolute Gasteiger partial charge is 0.493 e. The van der Waals surface area contributed by atoms with Crippen molar-refractivity contribution in [1.82, 2.24) is 5.32 Å². The highest BCUT2D eigenvalue weighted by Gasteiger charge is 2.37. The van der Waals surface area contributed by atoms with Gasteiger partial charge in [0, 0.05) is 17.4 Å². The molecule has 0 bridgehead atoms. The van der Waals surface area contributed by atoms with Gasteiger partial charge in [-0.05, 0) is 54.5 Å². The molecule has 0 radical (unpaired) electrons. The average Bonchev–Trinajstić information content (AvgIpc) is 2.80. The number of hydrogen-bond acceptors (Lipinski definition) is 2. The Balaban J connectivity index is 1.82. The maximum atomic E-state index is 5.86. The number of hydrogen-bond donors (Lipinski definition) is 1. The highest BCUT2D eigenvalue weighted by atomic mass is 79.9. The molecule has 0 saturated heterocycles. The fraction of sp³-hybridized carbons (Fsp3) is 0.625.